The molecule has 3 heterocycles. The zero-order valence-corrected chi connectivity index (χ0v) is 11.5. The number of hydrogen-bond acceptors (Lipinski definition) is 3. The van der Waals surface area contributed by atoms with Gasteiger partial charge in [0.1, 0.15) is 0 Å². The van der Waals surface area contributed by atoms with Gasteiger partial charge in [-0.25, -0.2) is 4.79 Å². The maximum absolute atomic E-state index is 11.1. The van der Waals surface area contributed by atoms with Crippen molar-refractivity contribution in [1.82, 2.24) is 9.80 Å². The highest BCUT2D eigenvalue weighted by molar-refractivity contribution is 7.10. The van der Waals surface area contributed by atoms with E-state index < -0.39 is 6.09 Å². The zero-order chi connectivity index (χ0) is 12.9. The molecule has 3 unspecified atom stereocenters. The average Bonchev–Trinajstić information content (AvgIpc) is 3.01. The number of nitrogens with zero attached hydrogens (tertiary/aromatic N) is 2. The number of rotatable bonds is 2. The molecule has 2 aliphatic heterocycles. The van der Waals surface area contributed by atoms with E-state index in [1.54, 1.807) is 4.90 Å². The van der Waals surface area contributed by atoms with Gasteiger partial charge in [0.15, 0.2) is 0 Å². The predicted molar refractivity (Wildman–Crippen MR) is 71.1 cm³/mol. The van der Waals surface area contributed by atoms with Crippen LogP contribution in [-0.2, 0) is 0 Å². The van der Waals surface area contributed by atoms with Crippen molar-refractivity contribution in [1.29, 1.82) is 0 Å². The van der Waals surface area contributed by atoms with Crippen LogP contribution in [0.2, 0.25) is 0 Å². The fourth-order valence-electron chi connectivity index (χ4n) is 3.37. The van der Waals surface area contributed by atoms with Gasteiger partial charge in [-0.05, 0) is 37.3 Å². The normalized spacial score (nSPS) is 28.9. The highest BCUT2D eigenvalue weighted by atomic mass is 32.1. The summed E-state index contributed by atoms with van der Waals surface area (Å²) >= 11 is 1.81. The van der Waals surface area contributed by atoms with E-state index in [0.717, 1.165) is 13.0 Å². The summed E-state index contributed by atoms with van der Waals surface area (Å²) in [5.41, 5.74) is 1.35. The van der Waals surface area contributed by atoms with Crippen LogP contribution in [0.25, 0.3) is 0 Å². The number of carboxylic acid groups (broad SMARTS) is 1. The molecule has 4 nitrogen and oxygen atoms in total. The van der Waals surface area contributed by atoms with Gasteiger partial charge in [0.25, 0.3) is 0 Å². The Balaban J connectivity index is 1.75. The van der Waals surface area contributed by atoms with E-state index >= 15 is 0 Å². The van der Waals surface area contributed by atoms with Crippen LogP contribution in [-0.4, -0.2) is 46.2 Å². The molecule has 0 spiro atoms. The lowest BCUT2D eigenvalue weighted by Gasteiger charge is -2.36. The molecular weight excluding hydrogens is 248 g/mol. The number of piperazine rings is 1. The molecule has 2 saturated heterocycles. The second-order valence-electron chi connectivity index (χ2n) is 5.32. The van der Waals surface area contributed by atoms with Gasteiger partial charge in [-0.1, -0.05) is 0 Å². The minimum absolute atomic E-state index is 0.204. The molecule has 0 saturated carbocycles. The first kappa shape index (κ1) is 12.0. The van der Waals surface area contributed by atoms with Crippen LogP contribution < -0.4 is 0 Å². The first-order valence-electron chi connectivity index (χ1n) is 6.37. The van der Waals surface area contributed by atoms with Crippen LogP contribution in [0.3, 0.4) is 0 Å². The van der Waals surface area contributed by atoms with E-state index in [1.165, 1.54) is 10.4 Å². The molecule has 2 aliphatic rings. The second-order valence-corrected chi connectivity index (χ2v) is 6.27. The second kappa shape index (κ2) is 4.24. The van der Waals surface area contributed by atoms with Crippen LogP contribution in [0.15, 0.2) is 11.4 Å². The molecule has 18 heavy (non-hydrogen) atoms. The summed E-state index contributed by atoms with van der Waals surface area (Å²) in [7, 11) is 0. The third kappa shape index (κ3) is 1.73. The molecule has 98 valence electrons. The van der Waals surface area contributed by atoms with Crippen molar-refractivity contribution in [2.75, 3.05) is 13.1 Å². The van der Waals surface area contributed by atoms with Gasteiger partial charge < -0.3 is 10.0 Å². The van der Waals surface area contributed by atoms with E-state index in [9.17, 15) is 4.79 Å². The smallest absolute Gasteiger partial charge is 0.407 e. The van der Waals surface area contributed by atoms with E-state index in [-0.39, 0.29) is 6.04 Å². The quantitative estimate of drug-likeness (QED) is 0.894. The van der Waals surface area contributed by atoms with Gasteiger partial charge >= 0.3 is 6.09 Å². The van der Waals surface area contributed by atoms with Crippen LogP contribution in [0.5, 0.6) is 0 Å². The van der Waals surface area contributed by atoms with Crippen LogP contribution in [0, 0.1) is 6.92 Å². The first-order chi connectivity index (χ1) is 8.58. The summed E-state index contributed by atoms with van der Waals surface area (Å²) in [6.07, 6.45) is 0.239. The standard InChI is InChI=1S/C13H18N2O2S/c1-8-3-4-18-12(8)9(2)14-6-11-5-10(14)7-15(11)13(16)17/h3-4,9-11H,5-7H2,1-2H3,(H,16,17). The van der Waals surface area contributed by atoms with Crippen molar-refractivity contribution in [2.45, 2.75) is 38.4 Å². The summed E-state index contributed by atoms with van der Waals surface area (Å²) in [6.45, 7) is 5.95. The molecule has 5 heteroatoms. The number of likely N-dealkylation sites (tertiary alicyclic amines) is 2. The Morgan fingerprint density at radius 1 is 1.50 bits per heavy atom. The van der Waals surface area contributed by atoms with Gasteiger partial charge in [-0.3, -0.25) is 4.90 Å². The molecule has 1 aromatic heterocycles. The number of fused-ring (bicyclic) bond motifs is 2. The number of aryl methyl sites for hydroxylation is 1. The Morgan fingerprint density at radius 2 is 2.28 bits per heavy atom. The van der Waals surface area contributed by atoms with Crippen molar-refractivity contribution in [3.8, 4) is 0 Å². The van der Waals surface area contributed by atoms with Gasteiger partial charge in [-0.2, -0.15) is 0 Å². The largest absolute Gasteiger partial charge is 0.465 e. The van der Waals surface area contributed by atoms with E-state index in [2.05, 4.69) is 30.2 Å². The maximum Gasteiger partial charge on any atom is 0.407 e. The molecular formula is C13H18N2O2S. The molecule has 2 bridgehead atoms. The molecule has 0 radical (unpaired) electrons. The minimum atomic E-state index is -0.762. The number of amides is 1. The Bertz CT molecular complexity index is 473. The number of carbonyl (C=O) groups is 1. The summed E-state index contributed by atoms with van der Waals surface area (Å²) in [5.74, 6) is 0. The molecule has 0 aliphatic carbocycles. The van der Waals surface area contributed by atoms with Gasteiger partial charge in [-0.15, -0.1) is 11.3 Å². The van der Waals surface area contributed by atoms with Crippen molar-refractivity contribution in [3.05, 3.63) is 21.9 Å². The molecule has 1 amide bonds. The molecule has 1 aromatic rings. The van der Waals surface area contributed by atoms with Crippen molar-refractivity contribution in [2.24, 2.45) is 0 Å². The highest BCUT2D eigenvalue weighted by Gasteiger charge is 2.47. The Kier molecular flexibility index (Phi) is 2.83. The molecule has 3 atom stereocenters. The highest BCUT2D eigenvalue weighted by Crippen LogP contribution is 2.38. The monoisotopic (exact) mass is 266 g/mol. The fourth-order valence-corrected chi connectivity index (χ4v) is 4.37. The summed E-state index contributed by atoms with van der Waals surface area (Å²) in [6, 6.07) is 3.18. The first-order valence-corrected chi connectivity index (χ1v) is 7.25. The number of hydrogen-bond donors (Lipinski definition) is 1. The third-order valence-electron chi connectivity index (χ3n) is 4.31. The Morgan fingerprint density at radius 3 is 2.78 bits per heavy atom. The summed E-state index contributed by atoms with van der Waals surface area (Å²) in [4.78, 5) is 16.6. The van der Waals surface area contributed by atoms with Crippen molar-refractivity contribution < 1.29 is 9.90 Å². The van der Waals surface area contributed by atoms with E-state index in [4.69, 9.17) is 5.11 Å². The van der Waals surface area contributed by atoms with Gasteiger partial charge in [0.2, 0.25) is 0 Å². The van der Waals surface area contributed by atoms with Crippen LogP contribution in [0.1, 0.15) is 29.8 Å². The maximum atomic E-state index is 11.1. The average molecular weight is 266 g/mol. The zero-order valence-electron chi connectivity index (χ0n) is 10.7. The Labute approximate surface area is 111 Å². The van der Waals surface area contributed by atoms with Gasteiger partial charge in [0, 0.05) is 36.1 Å². The fraction of sp³-hybridized carbons (Fsp3) is 0.615. The van der Waals surface area contributed by atoms with E-state index in [0.29, 0.717) is 18.6 Å². The lowest BCUT2D eigenvalue weighted by atomic mass is 10.1. The van der Waals surface area contributed by atoms with Crippen LogP contribution >= 0.6 is 11.3 Å². The summed E-state index contributed by atoms with van der Waals surface area (Å²) in [5, 5.41) is 11.2. The topological polar surface area (TPSA) is 43.8 Å². The molecule has 3 rings (SSSR count). The van der Waals surface area contributed by atoms with Crippen LogP contribution in [0.4, 0.5) is 4.79 Å². The van der Waals surface area contributed by atoms with Gasteiger partial charge in [0.05, 0.1) is 0 Å². The summed E-state index contributed by atoms with van der Waals surface area (Å²) < 4.78 is 0. The SMILES string of the molecule is Cc1ccsc1C(C)N1CC2CC1CN2C(=O)O. The third-order valence-corrected chi connectivity index (χ3v) is 5.50. The Hall–Kier alpha value is -1.07. The van der Waals surface area contributed by atoms with Crippen molar-refractivity contribution in [3.63, 3.8) is 0 Å². The number of thiophene rings is 1. The molecule has 2 fully saturated rings. The minimum Gasteiger partial charge on any atom is -0.465 e. The lowest BCUT2D eigenvalue weighted by molar-refractivity contribution is 0.0868. The molecule has 1 N–H and O–H groups in total. The molecule has 0 aromatic carbocycles. The lowest BCUT2D eigenvalue weighted by Crippen LogP contribution is -2.48. The van der Waals surface area contributed by atoms with E-state index in [1.807, 2.05) is 11.3 Å². The van der Waals surface area contributed by atoms with Crippen molar-refractivity contribution >= 4 is 17.4 Å². The predicted octanol–water partition coefficient (Wildman–Crippen LogP) is 2.55.